The van der Waals surface area contributed by atoms with Crippen LogP contribution in [0.4, 0.5) is 8.78 Å². The quantitative estimate of drug-likeness (QED) is 0.590. The number of amides is 1. The van der Waals surface area contributed by atoms with E-state index in [4.69, 9.17) is 4.74 Å². The third-order valence-corrected chi connectivity index (χ3v) is 7.47. The fourth-order valence-electron chi connectivity index (χ4n) is 5.45. The van der Waals surface area contributed by atoms with Gasteiger partial charge in [0.1, 0.15) is 17.4 Å². The maximum atomic E-state index is 13.4. The van der Waals surface area contributed by atoms with Crippen LogP contribution in [-0.4, -0.2) is 66.8 Å². The van der Waals surface area contributed by atoms with Crippen LogP contribution in [0.3, 0.4) is 0 Å². The average Bonchev–Trinajstić information content (AvgIpc) is 2.88. The molecule has 0 aliphatic carbocycles. The average molecular weight is 485 g/mol. The van der Waals surface area contributed by atoms with Crippen LogP contribution < -0.4 is 4.74 Å². The molecule has 2 heterocycles. The Labute approximate surface area is 206 Å². The van der Waals surface area contributed by atoms with E-state index in [1.165, 1.54) is 29.8 Å². The van der Waals surface area contributed by atoms with Crippen LogP contribution in [-0.2, 0) is 4.79 Å². The van der Waals surface area contributed by atoms with Crippen molar-refractivity contribution in [3.63, 3.8) is 0 Å². The molecule has 0 unspecified atom stereocenters. The Morgan fingerprint density at radius 3 is 2.23 bits per heavy atom. The van der Waals surface area contributed by atoms with Crippen molar-refractivity contribution in [2.45, 2.75) is 37.6 Å². The number of carbonyl (C=O) groups is 1. The molecule has 4 rings (SSSR count). The lowest BCUT2D eigenvalue weighted by molar-refractivity contribution is -0.127. The molecule has 0 radical (unpaired) electrons. The van der Waals surface area contributed by atoms with Crippen LogP contribution in [0.15, 0.2) is 48.5 Å². The summed E-state index contributed by atoms with van der Waals surface area (Å²) in [5.41, 5.74) is 1.66. The summed E-state index contributed by atoms with van der Waals surface area (Å²) in [5, 5.41) is 10.2. The van der Waals surface area contributed by atoms with Gasteiger partial charge in [0.05, 0.1) is 13.7 Å². The molecule has 188 valence electrons. The first-order valence-corrected chi connectivity index (χ1v) is 12.4. The van der Waals surface area contributed by atoms with E-state index in [1.54, 1.807) is 12.0 Å². The van der Waals surface area contributed by atoms with Crippen molar-refractivity contribution in [3.05, 3.63) is 71.3 Å². The van der Waals surface area contributed by atoms with Crippen molar-refractivity contribution in [2.75, 3.05) is 39.9 Å². The number of carbonyl (C=O) groups excluding carboxylic acids is 1. The van der Waals surface area contributed by atoms with E-state index < -0.39 is 11.6 Å². The van der Waals surface area contributed by atoms with Gasteiger partial charge >= 0.3 is 0 Å². The summed E-state index contributed by atoms with van der Waals surface area (Å²) in [7, 11) is 1.68. The number of aliphatic hydroxyl groups excluding tert-OH is 1. The Kier molecular flexibility index (Phi) is 8.52. The molecule has 1 amide bonds. The Morgan fingerprint density at radius 2 is 1.66 bits per heavy atom. The van der Waals surface area contributed by atoms with Gasteiger partial charge < -0.3 is 14.7 Å². The number of rotatable bonds is 7. The zero-order valence-electron chi connectivity index (χ0n) is 20.2. The molecular weight excluding hydrogens is 450 g/mol. The van der Waals surface area contributed by atoms with Crippen LogP contribution in [0.1, 0.15) is 42.7 Å². The summed E-state index contributed by atoms with van der Waals surface area (Å²) in [5.74, 6) is 0.239. The molecule has 2 aromatic carbocycles. The lowest BCUT2D eigenvalue weighted by Gasteiger charge is -2.43. The van der Waals surface area contributed by atoms with Gasteiger partial charge in [0.2, 0.25) is 5.91 Å². The second-order valence-electron chi connectivity index (χ2n) is 9.53. The monoisotopic (exact) mass is 484 g/mol. The Hall–Kier alpha value is -2.77. The van der Waals surface area contributed by atoms with Gasteiger partial charge in [-0.15, -0.1) is 0 Å². The van der Waals surface area contributed by atoms with Crippen molar-refractivity contribution < 1.29 is 23.4 Å². The van der Waals surface area contributed by atoms with Gasteiger partial charge in [-0.25, -0.2) is 8.78 Å². The molecule has 2 aromatic rings. The fourth-order valence-corrected chi connectivity index (χ4v) is 5.45. The molecule has 2 fully saturated rings. The molecule has 0 saturated carbocycles. The van der Waals surface area contributed by atoms with E-state index >= 15 is 0 Å². The Bertz CT molecular complexity index is 991. The second kappa shape index (κ2) is 11.8. The highest BCUT2D eigenvalue weighted by atomic mass is 19.1. The van der Waals surface area contributed by atoms with Gasteiger partial charge in [-0.2, -0.15) is 0 Å². The lowest BCUT2D eigenvalue weighted by Crippen LogP contribution is -2.50. The van der Waals surface area contributed by atoms with Gasteiger partial charge in [0.25, 0.3) is 0 Å². The predicted molar refractivity (Wildman–Crippen MR) is 132 cm³/mol. The van der Waals surface area contributed by atoms with Crippen molar-refractivity contribution in [2.24, 2.45) is 5.92 Å². The van der Waals surface area contributed by atoms with Crippen molar-refractivity contribution in [1.29, 1.82) is 0 Å². The van der Waals surface area contributed by atoms with E-state index in [1.807, 2.05) is 12.1 Å². The van der Waals surface area contributed by atoms with Crippen LogP contribution in [0.5, 0.6) is 5.75 Å². The maximum Gasteiger partial charge on any atom is 0.246 e. The number of hydrogen-bond acceptors (Lipinski definition) is 4. The SMILES string of the molecule is COc1ccc(C2CCN([C@H](CO)C3CCN(C(=O)/C=C/c4cc(F)cc(F)c4)CC3)CC2)cc1. The zero-order valence-corrected chi connectivity index (χ0v) is 20.2. The molecule has 0 aromatic heterocycles. The summed E-state index contributed by atoms with van der Waals surface area (Å²) >= 11 is 0. The first-order valence-electron chi connectivity index (χ1n) is 12.4. The van der Waals surface area contributed by atoms with E-state index in [2.05, 4.69) is 17.0 Å². The van der Waals surface area contributed by atoms with Gasteiger partial charge in [-0.3, -0.25) is 9.69 Å². The van der Waals surface area contributed by atoms with Gasteiger partial charge in [0.15, 0.2) is 0 Å². The largest absolute Gasteiger partial charge is 0.497 e. The molecule has 5 nitrogen and oxygen atoms in total. The highest BCUT2D eigenvalue weighted by molar-refractivity contribution is 5.91. The number of piperidine rings is 2. The standard InChI is InChI=1S/C28H34F2N2O3/c1-35-26-5-3-21(4-6-26)22-8-12-31(13-9-22)27(19-33)23-10-14-32(15-11-23)28(34)7-2-20-16-24(29)18-25(30)17-20/h2-7,16-18,22-23,27,33H,8-15,19H2,1H3/b7-2+/t27-/m1/s1. The van der Waals surface area contributed by atoms with Gasteiger partial charge in [-0.05, 0) is 92.1 Å². The zero-order chi connectivity index (χ0) is 24.8. The first kappa shape index (κ1) is 25.3. The van der Waals surface area contributed by atoms with E-state index in [-0.39, 0.29) is 18.6 Å². The van der Waals surface area contributed by atoms with Crippen molar-refractivity contribution in [1.82, 2.24) is 9.80 Å². The van der Waals surface area contributed by atoms with Gasteiger partial charge in [0, 0.05) is 31.3 Å². The molecule has 1 N–H and O–H groups in total. The van der Waals surface area contributed by atoms with Crippen molar-refractivity contribution >= 4 is 12.0 Å². The van der Waals surface area contributed by atoms with E-state index in [0.717, 1.165) is 50.6 Å². The Morgan fingerprint density at radius 1 is 1.03 bits per heavy atom. The number of methoxy groups -OCH3 is 1. The number of nitrogens with zero attached hydrogens (tertiary/aromatic N) is 2. The summed E-state index contributed by atoms with van der Waals surface area (Å²) in [6, 6.07) is 11.6. The van der Waals surface area contributed by atoms with Crippen LogP contribution in [0.2, 0.25) is 0 Å². The molecule has 2 saturated heterocycles. The minimum Gasteiger partial charge on any atom is -0.497 e. The summed E-state index contributed by atoms with van der Waals surface area (Å²) < 4.78 is 32.0. The fraction of sp³-hybridized carbons (Fsp3) is 0.464. The molecule has 2 aliphatic rings. The molecular formula is C28H34F2N2O3. The third kappa shape index (κ3) is 6.47. The molecule has 1 atom stereocenters. The number of likely N-dealkylation sites (tertiary alicyclic amines) is 2. The minimum atomic E-state index is -0.666. The summed E-state index contributed by atoms with van der Waals surface area (Å²) in [4.78, 5) is 16.8. The number of ether oxygens (including phenoxy) is 1. The molecule has 0 bridgehead atoms. The maximum absolute atomic E-state index is 13.4. The third-order valence-electron chi connectivity index (χ3n) is 7.47. The molecule has 0 spiro atoms. The van der Waals surface area contributed by atoms with Crippen LogP contribution in [0.25, 0.3) is 6.08 Å². The normalized spacial score (nSPS) is 19.3. The van der Waals surface area contributed by atoms with Gasteiger partial charge in [-0.1, -0.05) is 12.1 Å². The van der Waals surface area contributed by atoms with Crippen LogP contribution in [0, 0.1) is 17.6 Å². The molecule has 2 aliphatic heterocycles. The number of hydrogen-bond donors (Lipinski definition) is 1. The van der Waals surface area contributed by atoms with Crippen molar-refractivity contribution in [3.8, 4) is 5.75 Å². The number of benzene rings is 2. The second-order valence-corrected chi connectivity index (χ2v) is 9.53. The topological polar surface area (TPSA) is 53.0 Å². The Balaban J connectivity index is 1.27. The predicted octanol–water partition coefficient (Wildman–Crippen LogP) is 4.47. The van der Waals surface area contributed by atoms with Crippen LogP contribution >= 0.6 is 0 Å². The minimum absolute atomic E-state index is 0.106. The highest BCUT2D eigenvalue weighted by Crippen LogP contribution is 2.32. The first-order chi connectivity index (χ1) is 17.0. The smallest absolute Gasteiger partial charge is 0.246 e. The number of halogens is 2. The highest BCUT2D eigenvalue weighted by Gasteiger charge is 2.33. The number of aliphatic hydroxyl groups is 1. The summed E-state index contributed by atoms with van der Waals surface area (Å²) in [6.45, 7) is 3.26. The van der Waals surface area contributed by atoms with E-state index in [0.29, 0.717) is 30.5 Å². The van der Waals surface area contributed by atoms with E-state index in [9.17, 15) is 18.7 Å². The lowest BCUT2D eigenvalue weighted by atomic mass is 9.85. The molecule has 7 heteroatoms. The molecule has 35 heavy (non-hydrogen) atoms. The summed E-state index contributed by atoms with van der Waals surface area (Å²) in [6.07, 6.45) is 6.61.